The number of anilines is 1. The predicted octanol–water partition coefficient (Wildman–Crippen LogP) is 1.62. The third kappa shape index (κ3) is 3.05. The molecule has 0 aromatic heterocycles. The number of ether oxygens (including phenoxy) is 2. The van der Waals surface area contributed by atoms with Gasteiger partial charge in [0, 0.05) is 24.3 Å². The second kappa shape index (κ2) is 6.67. The van der Waals surface area contributed by atoms with E-state index >= 15 is 0 Å². The highest BCUT2D eigenvalue weighted by atomic mass is 16.7. The minimum absolute atomic E-state index is 0.0767. The van der Waals surface area contributed by atoms with Crippen LogP contribution >= 0.6 is 0 Å². The summed E-state index contributed by atoms with van der Waals surface area (Å²) in [5.41, 5.74) is 6.71. The van der Waals surface area contributed by atoms with Gasteiger partial charge in [0.05, 0.1) is 12.2 Å². The second-order valence-corrected chi connectivity index (χ2v) is 4.99. The molecule has 1 amide bonds. The molecule has 2 rings (SSSR count). The predicted molar refractivity (Wildman–Crippen MR) is 79.5 cm³/mol. The van der Waals surface area contributed by atoms with Crippen LogP contribution in [0.4, 0.5) is 5.69 Å². The summed E-state index contributed by atoms with van der Waals surface area (Å²) in [5.74, 6) is 0.898. The molecule has 0 bridgehead atoms. The number of hydrogen-bond acceptors (Lipinski definition) is 5. The SMILES string of the molecule is CCC(CC)N(CCO)C(=O)c1cc2c(cc1N)OCO2. The molecule has 0 fully saturated rings. The van der Waals surface area contributed by atoms with Crippen molar-refractivity contribution < 1.29 is 19.4 Å². The molecule has 1 aromatic carbocycles. The van der Waals surface area contributed by atoms with E-state index in [1.807, 2.05) is 13.8 Å². The molecule has 116 valence electrons. The number of aliphatic hydroxyl groups excluding tert-OH is 1. The van der Waals surface area contributed by atoms with Crippen molar-refractivity contribution in [3.8, 4) is 11.5 Å². The van der Waals surface area contributed by atoms with Crippen LogP contribution < -0.4 is 15.2 Å². The zero-order valence-corrected chi connectivity index (χ0v) is 12.5. The number of amides is 1. The van der Waals surface area contributed by atoms with Gasteiger partial charge in [-0.25, -0.2) is 0 Å². The van der Waals surface area contributed by atoms with Crippen molar-refractivity contribution >= 4 is 11.6 Å². The number of aliphatic hydroxyl groups is 1. The molecule has 0 spiro atoms. The number of benzene rings is 1. The highest BCUT2D eigenvalue weighted by molar-refractivity contribution is 6.00. The molecule has 0 aliphatic carbocycles. The van der Waals surface area contributed by atoms with Crippen molar-refractivity contribution in [3.05, 3.63) is 17.7 Å². The summed E-state index contributed by atoms with van der Waals surface area (Å²) in [6, 6.07) is 3.31. The first-order valence-electron chi connectivity index (χ1n) is 7.23. The Hall–Kier alpha value is -1.95. The lowest BCUT2D eigenvalue weighted by Gasteiger charge is -2.30. The minimum Gasteiger partial charge on any atom is -0.454 e. The van der Waals surface area contributed by atoms with Crippen LogP contribution in [0.1, 0.15) is 37.0 Å². The van der Waals surface area contributed by atoms with Crippen molar-refractivity contribution in [3.63, 3.8) is 0 Å². The first kappa shape index (κ1) is 15.4. The maximum Gasteiger partial charge on any atom is 0.256 e. The maximum atomic E-state index is 12.8. The van der Waals surface area contributed by atoms with Gasteiger partial charge in [-0.15, -0.1) is 0 Å². The molecule has 6 heteroatoms. The summed E-state index contributed by atoms with van der Waals surface area (Å²) < 4.78 is 10.5. The van der Waals surface area contributed by atoms with E-state index in [1.165, 1.54) is 0 Å². The normalized spacial score (nSPS) is 12.8. The zero-order valence-electron chi connectivity index (χ0n) is 12.5. The zero-order chi connectivity index (χ0) is 15.4. The lowest BCUT2D eigenvalue weighted by molar-refractivity contribution is 0.0623. The van der Waals surface area contributed by atoms with E-state index in [4.69, 9.17) is 15.2 Å². The van der Waals surface area contributed by atoms with E-state index in [-0.39, 0.29) is 25.3 Å². The Morgan fingerprint density at radius 3 is 2.52 bits per heavy atom. The van der Waals surface area contributed by atoms with Crippen LogP contribution in [0, 0.1) is 0 Å². The molecule has 0 saturated heterocycles. The van der Waals surface area contributed by atoms with Gasteiger partial charge in [0.1, 0.15) is 0 Å². The fraction of sp³-hybridized carbons (Fsp3) is 0.533. The number of carbonyl (C=O) groups excluding carboxylic acids is 1. The smallest absolute Gasteiger partial charge is 0.256 e. The van der Waals surface area contributed by atoms with E-state index in [2.05, 4.69) is 0 Å². The number of nitrogens with zero attached hydrogens (tertiary/aromatic N) is 1. The van der Waals surface area contributed by atoms with Gasteiger partial charge < -0.3 is 25.2 Å². The minimum atomic E-state index is -0.187. The summed E-state index contributed by atoms with van der Waals surface area (Å²) in [4.78, 5) is 14.4. The molecule has 0 atom stereocenters. The third-order valence-electron chi connectivity index (χ3n) is 3.76. The Balaban J connectivity index is 2.32. The molecule has 1 aliphatic heterocycles. The molecule has 0 unspecified atom stereocenters. The van der Waals surface area contributed by atoms with Gasteiger partial charge in [-0.1, -0.05) is 13.8 Å². The van der Waals surface area contributed by atoms with Gasteiger partial charge in [-0.2, -0.15) is 0 Å². The molecule has 0 radical (unpaired) electrons. The van der Waals surface area contributed by atoms with Crippen LogP contribution in [0.15, 0.2) is 12.1 Å². The monoisotopic (exact) mass is 294 g/mol. The summed E-state index contributed by atoms with van der Waals surface area (Å²) in [7, 11) is 0. The lowest BCUT2D eigenvalue weighted by Crippen LogP contribution is -2.41. The van der Waals surface area contributed by atoms with E-state index in [0.29, 0.717) is 29.3 Å². The van der Waals surface area contributed by atoms with Gasteiger partial charge >= 0.3 is 0 Å². The summed E-state index contributed by atoms with van der Waals surface area (Å²) in [6.07, 6.45) is 1.65. The number of rotatable bonds is 6. The third-order valence-corrected chi connectivity index (χ3v) is 3.76. The number of nitrogen functional groups attached to an aromatic ring is 1. The molecule has 1 aromatic rings. The van der Waals surface area contributed by atoms with Crippen molar-refractivity contribution in [1.29, 1.82) is 0 Å². The van der Waals surface area contributed by atoms with Crippen molar-refractivity contribution in [2.45, 2.75) is 32.7 Å². The standard InChI is InChI=1S/C15H22N2O4/c1-3-10(4-2)17(5-6-18)15(19)11-7-13-14(8-12(11)16)21-9-20-13/h7-8,10,18H,3-6,9,16H2,1-2H3. The molecule has 21 heavy (non-hydrogen) atoms. The number of hydrogen-bond donors (Lipinski definition) is 2. The first-order valence-corrected chi connectivity index (χ1v) is 7.23. The Morgan fingerprint density at radius 1 is 1.33 bits per heavy atom. The quantitative estimate of drug-likeness (QED) is 0.779. The Morgan fingerprint density at radius 2 is 1.95 bits per heavy atom. The number of carbonyl (C=O) groups is 1. The molecular weight excluding hydrogens is 272 g/mol. The maximum absolute atomic E-state index is 12.8. The van der Waals surface area contributed by atoms with Crippen molar-refractivity contribution in [2.75, 3.05) is 25.7 Å². The van der Waals surface area contributed by atoms with Crippen LogP contribution in [0.2, 0.25) is 0 Å². The Labute approximate surface area is 124 Å². The average molecular weight is 294 g/mol. The topological polar surface area (TPSA) is 85.0 Å². The van der Waals surface area contributed by atoms with E-state index in [0.717, 1.165) is 12.8 Å². The van der Waals surface area contributed by atoms with E-state index < -0.39 is 0 Å². The number of fused-ring (bicyclic) bond motifs is 1. The number of nitrogens with two attached hydrogens (primary N) is 1. The van der Waals surface area contributed by atoms with Crippen LogP contribution in [-0.4, -0.2) is 41.9 Å². The molecule has 0 saturated carbocycles. The fourth-order valence-electron chi connectivity index (χ4n) is 2.58. The van der Waals surface area contributed by atoms with E-state index in [9.17, 15) is 9.90 Å². The fourth-order valence-corrected chi connectivity index (χ4v) is 2.58. The van der Waals surface area contributed by atoms with Gasteiger partial charge in [0.15, 0.2) is 11.5 Å². The van der Waals surface area contributed by atoms with Crippen LogP contribution in [0.25, 0.3) is 0 Å². The summed E-state index contributed by atoms with van der Waals surface area (Å²) in [5, 5.41) is 9.23. The molecule has 3 N–H and O–H groups in total. The Kier molecular flexibility index (Phi) is 4.90. The summed E-state index contributed by atoms with van der Waals surface area (Å²) >= 11 is 0. The molecular formula is C15H22N2O4. The largest absolute Gasteiger partial charge is 0.454 e. The second-order valence-electron chi connectivity index (χ2n) is 4.99. The van der Waals surface area contributed by atoms with Gasteiger partial charge in [-0.05, 0) is 18.9 Å². The van der Waals surface area contributed by atoms with Crippen LogP contribution in [-0.2, 0) is 0 Å². The summed E-state index contributed by atoms with van der Waals surface area (Å²) in [6.45, 7) is 4.40. The van der Waals surface area contributed by atoms with Crippen LogP contribution in [0.3, 0.4) is 0 Å². The van der Waals surface area contributed by atoms with Crippen molar-refractivity contribution in [1.82, 2.24) is 4.90 Å². The highest BCUT2D eigenvalue weighted by Gasteiger charge is 2.26. The Bertz CT molecular complexity index is 515. The lowest BCUT2D eigenvalue weighted by atomic mass is 10.1. The van der Waals surface area contributed by atoms with Gasteiger partial charge in [0.2, 0.25) is 6.79 Å². The van der Waals surface area contributed by atoms with Crippen molar-refractivity contribution in [2.24, 2.45) is 0 Å². The molecule has 1 aliphatic rings. The molecule has 6 nitrogen and oxygen atoms in total. The molecule has 1 heterocycles. The van der Waals surface area contributed by atoms with Crippen LogP contribution in [0.5, 0.6) is 11.5 Å². The van der Waals surface area contributed by atoms with Gasteiger partial charge in [-0.3, -0.25) is 4.79 Å². The highest BCUT2D eigenvalue weighted by Crippen LogP contribution is 2.36. The average Bonchev–Trinajstić information content (AvgIpc) is 2.93. The van der Waals surface area contributed by atoms with Gasteiger partial charge in [0.25, 0.3) is 5.91 Å². The van der Waals surface area contributed by atoms with E-state index in [1.54, 1.807) is 17.0 Å². The first-order chi connectivity index (χ1) is 10.1.